The van der Waals surface area contributed by atoms with Crippen LogP contribution < -0.4 is 18.9 Å². The van der Waals surface area contributed by atoms with Crippen LogP contribution in [0.3, 0.4) is 0 Å². The van der Waals surface area contributed by atoms with Crippen LogP contribution in [0, 0.1) is 19.8 Å². The number of benzene rings is 6. The number of aliphatic imine (C=N–C) groups is 1. The zero-order valence-electron chi connectivity index (χ0n) is 59.7. The van der Waals surface area contributed by atoms with Crippen LogP contribution in [0.2, 0.25) is 0 Å². The summed E-state index contributed by atoms with van der Waals surface area (Å²) in [6, 6.07) is 34.3. The van der Waals surface area contributed by atoms with Crippen molar-refractivity contribution >= 4 is 6.21 Å². The first-order chi connectivity index (χ1) is 44.9. The highest BCUT2D eigenvalue weighted by molar-refractivity contribution is 5.89. The molecule has 0 spiro atoms. The first kappa shape index (κ1) is 90.9. The third kappa shape index (κ3) is 26.0. The van der Waals surface area contributed by atoms with Crippen molar-refractivity contribution in [2.24, 2.45) is 10.9 Å². The molecule has 12 heteroatoms. The fourth-order valence-corrected chi connectivity index (χ4v) is 12.9. The highest BCUT2D eigenvalue weighted by Gasteiger charge is 2.32. The lowest BCUT2D eigenvalue weighted by atomic mass is 9.80. The van der Waals surface area contributed by atoms with E-state index < -0.39 is 0 Å². The van der Waals surface area contributed by atoms with Crippen LogP contribution in [-0.4, -0.2) is 73.3 Å². The Morgan fingerprint density at radius 1 is 0.455 bits per heavy atom. The molecule has 1 heterocycles. The maximum atomic E-state index is 6.62. The SMILES string of the molecule is C.C.C.C.C.C.CCC(C)OC1CCCCC1Oc1c(COC)cc(C)cc1COC.CCC(C)c1ccc(OC2CCCCC2Cc2c(COC)cc(C)cc2COC)cc1.CCC(C)c1ccc(Oc2ccc(Oc3c(COC)cc(C(C)(C)C)cc3COC)c3c2C=NC3)cc1. The summed E-state index contributed by atoms with van der Waals surface area (Å²) in [7, 11) is 10.4. The summed E-state index contributed by atoms with van der Waals surface area (Å²) in [4.78, 5) is 4.53. The number of ether oxygens (including phenoxy) is 11. The molecule has 0 amide bonds. The van der Waals surface area contributed by atoms with Crippen molar-refractivity contribution in [2.75, 3.05) is 42.7 Å². The quantitative estimate of drug-likeness (QED) is 0.0447. The van der Waals surface area contributed by atoms with Gasteiger partial charge in [-0.2, -0.15) is 0 Å². The molecule has 12 nitrogen and oxygen atoms in total. The molecular weight excluding hydrogens is 1230 g/mol. The molecule has 2 saturated carbocycles. The van der Waals surface area contributed by atoms with Gasteiger partial charge in [0.1, 0.15) is 46.7 Å². The Labute approximate surface area is 604 Å². The van der Waals surface area contributed by atoms with Gasteiger partial charge in [-0.3, -0.25) is 4.99 Å². The topological polar surface area (TPSA) is 114 Å². The summed E-state index contributed by atoms with van der Waals surface area (Å²) in [5, 5.41) is 0. The number of fused-ring (bicyclic) bond motifs is 1. The van der Waals surface area contributed by atoms with Crippen LogP contribution in [0.15, 0.2) is 102 Å². The Hall–Kier alpha value is -6.09. The van der Waals surface area contributed by atoms with Crippen LogP contribution in [0.25, 0.3) is 0 Å². The third-order valence-corrected chi connectivity index (χ3v) is 18.7. The molecule has 6 aromatic carbocycles. The van der Waals surface area contributed by atoms with Gasteiger partial charge in [-0.05, 0) is 190 Å². The molecule has 0 bridgehead atoms. The Morgan fingerprint density at radius 2 is 0.879 bits per heavy atom. The van der Waals surface area contributed by atoms with Gasteiger partial charge in [0.15, 0.2) is 0 Å². The van der Waals surface area contributed by atoms with E-state index in [1.807, 2.05) is 30.5 Å². The van der Waals surface area contributed by atoms with E-state index in [1.54, 1.807) is 42.7 Å². The lowest BCUT2D eigenvalue weighted by Gasteiger charge is -2.34. The van der Waals surface area contributed by atoms with Crippen molar-refractivity contribution < 1.29 is 52.1 Å². The smallest absolute Gasteiger partial charge is 0.138 e. The minimum atomic E-state index is -0.00955. The molecule has 0 N–H and O–H groups in total. The predicted molar refractivity (Wildman–Crippen MR) is 418 cm³/mol. The van der Waals surface area contributed by atoms with Gasteiger partial charge >= 0.3 is 0 Å². The van der Waals surface area contributed by atoms with E-state index >= 15 is 0 Å². The van der Waals surface area contributed by atoms with Crippen LogP contribution >= 0.6 is 0 Å². The monoisotopic (exact) mass is 1370 g/mol. The molecule has 2 fully saturated rings. The van der Waals surface area contributed by atoms with Gasteiger partial charge in [-0.1, -0.05) is 172 Å². The Kier molecular flexibility index (Phi) is 42.0. The number of rotatable bonds is 29. The average molecular weight is 1370 g/mol. The molecule has 7 atom stereocenters. The van der Waals surface area contributed by atoms with E-state index in [1.165, 1.54) is 76.6 Å². The first-order valence-electron chi connectivity index (χ1n) is 34.4. The summed E-state index contributed by atoms with van der Waals surface area (Å²) >= 11 is 0. The van der Waals surface area contributed by atoms with Gasteiger partial charge in [0.05, 0.1) is 58.4 Å². The molecule has 7 unspecified atom stereocenters. The van der Waals surface area contributed by atoms with Crippen LogP contribution in [0.1, 0.15) is 267 Å². The number of hydrogen-bond donors (Lipinski definition) is 0. The van der Waals surface area contributed by atoms with Crippen molar-refractivity contribution in [1.29, 1.82) is 0 Å². The van der Waals surface area contributed by atoms with E-state index in [9.17, 15) is 0 Å². The molecule has 0 aromatic heterocycles. The van der Waals surface area contributed by atoms with Gasteiger partial charge in [0.25, 0.3) is 0 Å². The zero-order valence-corrected chi connectivity index (χ0v) is 59.7. The van der Waals surface area contributed by atoms with Crippen LogP contribution in [-0.2, 0) is 91.2 Å². The Morgan fingerprint density at radius 3 is 1.34 bits per heavy atom. The van der Waals surface area contributed by atoms with E-state index in [0.717, 1.165) is 113 Å². The fourth-order valence-electron chi connectivity index (χ4n) is 12.9. The molecule has 0 radical (unpaired) electrons. The van der Waals surface area contributed by atoms with Gasteiger partial charge in [0, 0.05) is 82.3 Å². The lowest BCUT2D eigenvalue weighted by Crippen LogP contribution is -2.39. The fraction of sp³-hybridized carbons (Fsp3) is 0.575. The molecule has 0 saturated heterocycles. The van der Waals surface area contributed by atoms with E-state index in [4.69, 9.17) is 52.1 Å². The molecule has 3 aliphatic rings. The lowest BCUT2D eigenvalue weighted by molar-refractivity contribution is -0.0807. The minimum Gasteiger partial charge on any atom is -0.490 e. The number of aryl methyl sites for hydroxylation is 2. The first-order valence-corrected chi connectivity index (χ1v) is 34.4. The van der Waals surface area contributed by atoms with Crippen molar-refractivity contribution in [3.05, 3.63) is 175 Å². The van der Waals surface area contributed by atoms with E-state index in [2.05, 4.69) is 154 Å². The van der Waals surface area contributed by atoms with Crippen molar-refractivity contribution in [3.8, 4) is 34.5 Å². The summed E-state index contributed by atoms with van der Waals surface area (Å²) in [5.74, 6) is 6.69. The molecule has 99 heavy (non-hydrogen) atoms. The molecule has 2 aliphatic carbocycles. The largest absolute Gasteiger partial charge is 0.490 e. The second-order valence-electron chi connectivity index (χ2n) is 27.1. The molecule has 6 aromatic rings. The number of methoxy groups -OCH3 is 6. The minimum absolute atomic E-state index is 0. The Balaban J connectivity index is 0.000000733. The normalized spacial score (nSPS) is 16.8. The zero-order chi connectivity index (χ0) is 67.0. The van der Waals surface area contributed by atoms with Gasteiger partial charge in [-0.15, -0.1) is 0 Å². The van der Waals surface area contributed by atoms with E-state index in [0.29, 0.717) is 63.9 Å². The second-order valence-corrected chi connectivity index (χ2v) is 27.1. The molecule has 1 aliphatic heterocycles. The van der Waals surface area contributed by atoms with Gasteiger partial charge in [0.2, 0.25) is 0 Å². The van der Waals surface area contributed by atoms with E-state index in [-0.39, 0.29) is 74.4 Å². The maximum absolute atomic E-state index is 6.62. The molecular formula is C87H137NO11. The highest BCUT2D eigenvalue weighted by atomic mass is 16.6. The number of nitrogens with zero attached hydrogens (tertiary/aromatic N) is 1. The Bertz CT molecular complexity index is 3180. The predicted octanol–water partition coefficient (Wildman–Crippen LogP) is 23.9. The third-order valence-electron chi connectivity index (χ3n) is 18.7. The van der Waals surface area contributed by atoms with Crippen LogP contribution in [0.4, 0.5) is 0 Å². The van der Waals surface area contributed by atoms with Gasteiger partial charge < -0.3 is 52.1 Å². The number of hydrogen-bond acceptors (Lipinski definition) is 12. The molecule has 556 valence electrons. The van der Waals surface area contributed by atoms with Gasteiger partial charge in [-0.25, -0.2) is 0 Å². The summed E-state index contributed by atoms with van der Waals surface area (Å²) in [6.45, 7) is 27.9. The average Bonchev–Trinajstić information content (AvgIpc) is 1.72. The second kappa shape index (κ2) is 45.7. The summed E-state index contributed by atoms with van der Waals surface area (Å²) in [6.07, 6.45) is 16.4. The van der Waals surface area contributed by atoms with Crippen LogP contribution in [0.5, 0.6) is 34.5 Å². The highest BCUT2D eigenvalue weighted by Crippen LogP contribution is 2.42. The van der Waals surface area contributed by atoms with Crippen molar-refractivity contribution in [2.45, 2.75) is 286 Å². The maximum Gasteiger partial charge on any atom is 0.138 e. The van der Waals surface area contributed by atoms with Crippen molar-refractivity contribution in [3.63, 3.8) is 0 Å². The van der Waals surface area contributed by atoms with Crippen molar-refractivity contribution in [1.82, 2.24) is 0 Å². The standard InChI is InChI=1S/C32H39NO4.C28H40O3.C21H34O4.6CH4/c1-8-21(2)22-9-11-26(12-10-22)36-29-13-14-30(28-18-33-17-27(28)29)37-31-23(19-34-6)15-25(32(3,4)5)16-24(31)20-35-7;1-6-21(3)22-11-13-26(14-12-22)31-28-10-8-7-9-23(28)17-27-24(18-29-4)15-20(2)16-25(27)19-30-5;1-6-16(3)24-19-9-7-8-10-20(19)25-21-17(13-22-4)11-15(2)12-18(21)14-23-5;;;;;;/h9-17,21H,8,18-20H2,1-7H3;11-16,21,23,28H,6-10,17-19H2,1-5H3;11-12,16,19-20H,6-10,13-14H2,1-5H3;6*1H4. The molecule has 9 rings (SSSR count). The summed E-state index contributed by atoms with van der Waals surface area (Å²) in [5.41, 5.74) is 16.5. The summed E-state index contributed by atoms with van der Waals surface area (Å²) < 4.78 is 65.3.